The zero-order valence-electron chi connectivity index (χ0n) is 12.7. The molecule has 0 amide bonds. The van der Waals surface area contributed by atoms with Crippen molar-refractivity contribution in [2.24, 2.45) is 23.0 Å². The molecule has 0 heterocycles. The number of hydrogen-bond acceptors (Lipinski definition) is 3. The highest BCUT2D eigenvalue weighted by Crippen LogP contribution is 2.59. The van der Waals surface area contributed by atoms with Gasteiger partial charge in [0.05, 0.1) is 6.42 Å². The molecule has 19 heavy (non-hydrogen) atoms. The van der Waals surface area contributed by atoms with Crippen LogP contribution in [0.3, 0.4) is 0 Å². The number of fused-ring (bicyclic) bond motifs is 1. The van der Waals surface area contributed by atoms with Crippen LogP contribution in [0.25, 0.3) is 0 Å². The molecule has 1 fully saturated rings. The average molecular weight is 265 g/mol. The van der Waals surface area contributed by atoms with Gasteiger partial charge in [-0.25, -0.2) is 0 Å². The highest BCUT2D eigenvalue weighted by molar-refractivity contribution is 5.71. The van der Waals surface area contributed by atoms with Crippen molar-refractivity contribution in [1.82, 2.24) is 0 Å². The molecule has 1 saturated carbocycles. The van der Waals surface area contributed by atoms with E-state index in [1.54, 1.807) is 0 Å². The molecule has 0 aromatic rings. The molecule has 0 bridgehead atoms. The molecule has 2 aliphatic rings. The number of esters is 1. The van der Waals surface area contributed by atoms with E-state index in [4.69, 9.17) is 10.5 Å². The zero-order chi connectivity index (χ0) is 14.3. The Hall–Kier alpha value is -0.830. The van der Waals surface area contributed by atoms with Crippen LogP contribution in [-0.2, 0) is 9.53 Å². The minimum atomic E-state index is -0.407. The van der Waals surface area contributed by atoms with Crippen molar-refractivity contribution < 1.29 is 9.53 Å². The summed E-state index contributed by atoms with van der Waals surface area (Å²) in [5.41, 5.74) is 7.08. The van der Waals surface area contributed by atoms with E-state index in [1.807, 2.05) is 20.8 Å². The summed E-state index contributed by atoms with van der Waals surface area (Å²) in [4.78, 5) is 12.1. The van der Waals surface area contributed by atoms with E-state index < -0.39 is 5.60 Å². The molecule has 0 aliphatic heterocycles. The van der Waals surface area contributed by atoms with Gasteiger partial charge in [-0.2, -0.15) is 0 Å². The molecule has 0 radical (unpaired) electrons. The van der Waals surface area contributed by atoms with Gasteiger partial charge in [0, 0.05) is 0 Å². The quantitative estimate of drug-likeness (QED) is 0.628. The minimum Gasteiger partial charge on any atom is -0.460 e. The Morgan fingerprint density at radius 3 is 2.74 bits per heavy atom. The van der Waals surface area contributed by atoms with Gasteiger partial charge in [-0.3, -0.25) is 4.79 Å². The van der Waals surface area contributed by atoms with Crippen LogP contribution in [-0.4, -0.2) is 18.1 Å². The van der Waals surface area contributed by atoms with Gasteiger partial charge in [0.1, 0.15) is 5.60 Å². The molecule has 0 aromatic heterocycles. The Morgan fingerprint density at radius 1 is 1.53 bits per heavy atom. The molecule has 0 aromatic carbocycles. The van der Waals surface area contributed by atoms with Gasteiger partial charge in [-0.05, 0) is 63.8 Å². The van der Waals surface area contributed by atoms with Crippen LogP contribution in [0.4, 0.5) is 0 Å². The lowest BCUT2D eigenvalue weighted by atomic mass is 9.53. The van der Waals surface area contributed by atoms with Crippen molar-refractivity contribution in [2.45, 2.75) is 59.0 Å². The Morgan fingerprint density at radius 2 is 2.21 bits per heavy atom. The maximum Gasteiger partial charge on any atom is 0.306 e. The van der Waals surface area contributed by atoms with Crippen LogP contribution in [0.15, 0.2) is 11.6 Å². The Labute approximate surface area is 116 Å². The number of allylic oxidation sites excluding steroid dienone is 2. The molecule has 3 heteroatoms. The SMILES string of the molecule is CCC1=C[C@@H]2[C@@H](C1)C[C@@]2(CN)CC(=O)OC(C)(C)C. The molecular weight excluding hydrogens is 238 g/mol. The van der Waals surface area contributed by atoms with Crippen LogP contribution in [0.2, 0.25) is 0 Å². The average Bonchev–Trinajstić information content (AvgIpc) is 2.62. The highest BCUT2D eigenvalue weighted by atomic mass is 16.6. The van der Waals surface area contributed by atoms with E-state index in [0.717, 1.165) is 18.8 Å². The van der Waals surface area contributed by atoms with E-state index in [1.165, 1.54) is 12.0 Å². The van der Waals surface area contributed by atoms with E-state index in [-0.39, 0.29) is 11.4 Å². The maximum absolute atomic E-state index is 12.1. The number of rotatable bonds is 4. The number of carbonyl (C=O) groups is 1. The number of hydrogen-bond donors (Lipinski definition) is 1. The molecular formula is C16H27NO2. The van der Waals surface area contributed by atoms with Crippen molar-refractivity contribution in [3.05, 3.63) is 11.6 Å². The second-order valence-corrected chi connectivity index (χ2v) is 7.20. The maximum atomic E-state index is 12.1. The van der Waals surface area contributed by atoms with Gasteiger partial charge in [-0.1, -0.05) is 18.6 Å². The summed E-state index contributed by atoms with van der Waals surface area (Å²) in [6.07, 6.45) is 6.26. The lowest BCUT2D eigenvalue weighted by molar-refractivity contribution is -0.162. The first-order chi connectivity index (χ1) is 8.79. The zero-order valence-corrected chi connectivity index (χ0v) is 12.7. The summed E-state index contributed by atoms with van der Waals surface area (Å²) in [6.45, 7) is 8.52. The molecule has 3 nitrogen and oxygen atoms in total. The van der Waals surface area contributed by atoms with Gasteiger partial charge in [0.2, 0.25) is 0 Å². The van der Waals surface area contributed by atoms with Gasteiger partial charge in [0.25, 0.3) is 0 Å². The summed E-state index contributed by atoms with van der Waals surface area (Å²) >= 11 is 0. The van der Waals surface area contributed by atoms with Crippen molar-refractivity contribution >= 4 is 5.97 Å². The molecule has 0 spiro atoms. The molecule has 2 rings (SSSR count). The highest BCUT2D eigenvalue weighted by Gasteiger charge is 2.55. The van der Waals surface area contributed by atoms with Gasteiger partial charge in [0.15, 0.2) is 0 Å². The second kappa shape index (κ2) is 4.93. The second-order valence-electron chi connectivity index (χ2n) is 7.20. The summed E-state index contributed by atoms with van der Waals surface area (Å²) in [7, 11) is 0. The van der Waals surface area contributed by atoms with E-state index in [9.17, 15) is 4.79 Å². The molecule has 2 aliphatic carbocycles. The van der Waals surface area contributed by atoms with E-state index >= 15 is 0 Å². The fraction of sp³-hybridized carbons (Fsp3) is 0.812. The molecule has 0 unspecified atom stereocenters. The first kappa shape index (κ1) is 14.6. The first-order valence-electron chi connectivity index (χ1n) is 7.41. The summed E-state index contributed by atoms with van der Waals surface area (Å²) < 4.78 is 5.46. The molecule has 0 saturated heterocycles. The standard InChI is InChI=1S/C16H27NO2/c1-5-11-6-12-8-16(10-17,13(12)7-11)9-14(18)19-15(2,3)4/h7,12-13H,5-6,8-10,17H2,1-4H3/t12-,13+,16-/m0/s1. The number of ether oxygens (including phenoxy) is 1. The molecule has 108 valence electrons. The van der Waals surface area contributed by atoms with Gasteiger partial charge in [-0.15, -0.1) is 0 Å². The Balaban J connectivity index is 2.02. The van der Waals surface area contributed by atoms with Crippen molar-refractivity contribution in [1.29, 1.82) is 0 Å². The van der Waals surface area contributed by atoms with E-state index in [2.05, 4.69) is 13.0 Å². The van der Waals surface area contributed by atoms with Gasteiger partial charge < -0.3 is 10.5 Å². The number of carbonyl (C=O) groups excluding carboxylic acids is 1. The van der Waals surface area contributed by atoms with Crippen LogP contribution < -0.4 is 5.73 Å². The topological polar surface area (TPSA) is 52.3 Å². The largest absolute Gasteiger partial charge is 0.460 e. The van der Waals surface area contributed by atoms with Gasteiger partial charge >= 0.3 is 5.97 Å². The molecule has 3 atom stereocenters. The predicted octanol–water partition coefficient (Wildman–Crippen LogP) is 3.04. The fourth-order valence-electron chi connectivity index (χ4n) is 3.70. The normalized spacial score (nSPS) is 33.4. The first-order valence-corrected chi connectivity index (χ1v) is 7.41. The Kier molecular flexibility index (Phi) is 3.78. The summed E-state index contributed by atoms with van der Waals surface area (Å²) in [5.74, 6) is 1.12. The smallest absolute Gasteiger partial charge is 0.306 e. The van der Waals surface area contributed by atoms with Crippen LogP contribution in [0.1, 0.15) is 53.4 Å². The van der Waals surface area contributed by atoms with Crippen molar-refractivity contribution in [3.63, 3.8) is 0 Å². The van der Waals surface area contributed by atoms with Crippen LogP contribution >= 0.6 is 0 Å². The predicted molar refractivity (Wildman–Crippen MR) is 76.5 cm³/mol. The molecule has 2 N–H and O–H groups in total. The fourth-order valence-corrected chi connectivity index (χ4v) is 3.70. The third kappa shape index (κ3) is 2.86. The minimum absolute atomic E-state index is 0.0378. The monoisotopic (exact) mass is 265 g/mol. The van der Waals surface area contributed by atoms with E-state index in [0.29, 0.717) is 18.9 Å². The summed E-state index contributed by atoms with van der Waals surface area (Å²) in [6, 6.07) is 0. The van der Waals surface area contributed by atoms with Crippen molar-refractivity contribution in [3.8, 4) is 0 Å². The number of nitrogens with two attached hydrogens (primary N) is 1. The third-order valence-corrected chi connectivity index (χ3v) is 4.60. The van der Waals surface area contributed by atoms with Crippen LogP contribution in [0, 0.1) is 17.3 Å². The summed E-state index contributed by atoms with van der Waals surface area (Å²) in [5, 5.41) is 0. The van der Waals surface area contributed by atoms with Crippen molar-refractivity contribution in [2.75, 3.05) is 6.54 Å². The lowest BCUT2D eigenvalue weighted by Crippen LogP contribution is -2.51. The lowest BCUT2D eigenvalue weighted by Gasteiger charge is -2.51. The van der Waals surface area contributed by atoms with Crippen LogP contribution in [0.5, 0.6) is 0 Å². The third-order valence-electron chi connectivity index (χ3n) is 4.60. The Bertz CT molecular complexity index is 394.